The van der Waals surface area contributed by atoms with Crippen LogP contribution in [0, 0.1) is 0 Å². The molecule has 0 spiro atoms. The van der Waals surface area contributed by atoms with E-state index in [9.17, 15) is 18.0 Å². The van der Waals surface area contributed by atoms with Crippen molar-refractivity contribution in [2.75, 3.05) is 26.2 Å². The van der Waals surface area contributed by atoms with Crippen LogP contribution in [0.1, 0.15) is 12.8 Å². The number of rotatable bonds is 4. The maximum Gasteiger partial charge on any atom is 0.401 e. The number of piperidine rings is 1. The number of carbonyl (C=O) groups is 1. The SMILES string of the molecule is NC(=O)CN(CC(F)(F)F)C1CCNCC1. The molecule has 0 aromatic heterocycles. The summed E-state index contributed by atoms with van der Waals surface area (Å²) in [6, 6.07) is -0.213. The Morgan fingerprint density at radius 2 is 1.94 bits per heavy atom. The van der Waals surface area contributed by atoms with Gasteiger partial charge in [-0.1, -0.05) is 0 Å². The molecule has 1 fully saturated rings. The highest BCUT2D eigenvalue weighted by molar-refractivity contribution is 5.75. The topological polar surface area (TPSA) is 58.4 Å². The zero-order valence-corrected chi connectivity index (χ0v) is 8.89. The number of hydrogen-bond donors (Lipinski definition) is 2. The van der Waals surface area contributed by atoms with E-state index in [1.807, 2.05) is 0 Å². The lowest BCUT2D eigenvalue weighted by Gasteiger charge is -2.34. The summed E-state index contributed by atoms with van der Waals surface area (Å²) in [5.41, 5.74) is 4.96. The smallest absolute Gasteiger partial charge is 0.369 e. The molecular weight excluding hydrogens is 223 g/mol. The Bertz CT molecular complexity index is 239. The van der Waals surface area contributed by atoms with Crippen LogP contribution < -0.4 is 11.1 Å². The van der Waals surface area contributed by atoms with Crippen LogP contribution in [0.4, 0.5) is 13.2 Å². The van der Waals surface area contributed by atoms with Gasteiger partial charge in [-0.3, -0.25) is 9.69 Å². The number of nitrogens with two attached hydrogens (primary N) is 1. The van der Waals surface area contributed by atoms with Crippen molar-refractivity contribution in [3.8, 4) is 0 Å². The van der Waals surface area contributed by atoms with Crippen molar-refractivity contribution in [1.29, 1.82) is 0 Å². The maximum atomic E-state index is 12.3. The van der Waals surface area contributed by atoms with Crippen LogP contribution in [0.2, 0.25) is 0 Å². The van der Waals surface area contributed by atoms with Crippen LogP contribution in [-0.4, -0.2) is 49.2 Å². The van der Waals surface area contributed by atoms with Crippen molar-refractivity contribution < 1.29 is 18.0 Å². The molecule has 1 saturated heterocycles. The number of carbonyl (C=O) groups excluding carboxylic acids is 1. The lowest BCUT2D eigenvalue weighted by atomic mass is 10.0. The van der Waals surface area contributed by atoms with E-state index in [2.05, 4.69) is 5.32 Å². The van der Waals surface area contributed by atoms with Gasteiger partial charge in [0.15, 0.2) is 0 Å². The molecule has 4 nitrogen and oxygen atoms in total. The standard InChI is InChI=1S/C9H16F3N3O/c10-9(11,12)6-15(5-8(13)16)7-1-3-14-4-2-7/h7,14H,1-6H2,(H2,13,16). The minimum Gasteiger partial charge on any atom is -0.369 e. The van der Waals surface area contributed by atoms with Crippen LogP contribution in [0.25, 0.3) is 0 Å². The number of alkyl halides is 3. The van der Waals surface area contributed by atoms with Crippen molar-refractivity contribution in [3.63, 3.8) is 0 Å². The normalized spacial score (nSPS) is 19.0. The zero-order chi connectivity index (χ0) is 12.2. The van der Waals surface area contributed by atoms with E-state index >= 15 is 0 Å². The highest BCUT2D eigenvalue weighted by Gasteiger charge is 2.34. The molecule has 1 heterocycles. The van der Waals surface area contributed by atoms with Gasteiger partial charge in [-0.15, -0.1) is 0 Å². The number of halogens is 3. The predicted molar refractivity (Wildman–Crippen MR) is 52.7 cm³/mol. The fourth-order valence-electron chi connectivity index (χ4n) is 1.92. The van der Waals surface area contributed by atoms with Gasteiger partial charge >= 0.3 is 6.18 Å². The quantitative estimate of drug-likeness (QED) is 0.731. The molecule has 0 radical (unpaired) electrons. The van der Waals surface area contributed by atoms with Gasteiger partial charge in [-0.05, 0) is 25.9 Å². The molecule has 7 heteroatoms. The van der Waals surface area contributed by atoms with Crippen LogP contribution in [0.5, 0.6) is 0 Å². The number of amides is 1. The van der Waals surface area contributed by atoms with Crippen molar-refractivity contribution in [2.24, 2.45) is 5.73 Å². The van der Waals surface area contributed by atoms with Gasteiger partial charge in [0.1, 0.15) is 0 Å². The third kappa shape index (κ3) is 4.80. The largest absolute Gasteiger partial charge is 0.401 e. The van der Waals surface area contributed by atoms with Crippen LogP contribution in [0.3, 0.4) is 0 Å². The number of nitrogens with one attached hydrogen (secondary N) is 1. The molecule has 94 valence electrons. The van der Waals surface area contributed by atoms with Gasteiger partial charge in [0.2, 0.25) is 5.91 Å². The molecule has 16 heavy (non-hydrogen) atoms. The number of primary amides is 1. The molecule has 0 unspecified atom stereocenters. The second-order valence-corrected chi connectivity index (χ2v) is 3.97. The van der Waals surface area contributed by atoms with Crippen molar-refractivity contribution in [3.05, 3.63) is 0 Å². The molecule has 1 amide bonds. The molecule has 0 bridgehead atoms. The molecule has 0 aromatic carbocycles. The molecule has 1 aliphatic heterocycles. The van der Waals surface area contributed by atoms with Gasteiger partial charge < -0.3 is 11.1 Å². The molecule has 0 saturated carbocycles. The minimum atomic E-state index is -4.29. The summed E-state index contributed by atoms with van der Waals surface area (Å²) >= 11 is 0. The summed E-state index contributed by atoms with van der Waals surface area (Å²) in [4.78, 5) is 11.9. The van der Waals surface area contributed by atoms with E-state index in [0.29, 0.717) is 25.9 Å². The summed E-state index contributed by atoms with van der Waals surface area (Å²) in [7, 11) is 0. The monoisotopic (exact) mass is 239 g/mol. The first-order chi connectivity index (χ1) is 7.38. The lowest BCUT2D eigenvalue weighted by molar-refractivity contribution is -0.154. The summed E-state index contributed by atoms with van der Waals surface area (Å²) in [5, 5.41) is 3.06. The van der Waals surface area contributed by atoms with Crippen molar-refractivity contribution in [1.82, 2.24) is 10.2 Å². The van der Waals surface area contributed by atoms with Gasteiger partial charge in [-0.25, -0.2) is 0 Å². The summed E-state index contributed by atoms with van der Waals surface area (Å²) in [6.45, 7) is -0.0413. The summed E-state index contributed by atoms with van der Waals surface area (Å²) in [6.07, 6.45) is -3.06. The summed E-state index contributed by atoms with van der Waals surface area (Å²) < 4.78 is 36.9. The minimum absolute atomic E-state index is 0.213. The van der Waals surface area contributed by atoms with E-state index in [1.54, 1.807) is 0 Å². The highest BCUT2D eigenvalue weighted by atomic mass is 19.4. The van der Waals surface area contributed by atoms with Crippen LogP contribution in [-0.2, 0) is 4.79 Å². The zero-order valence-electron chi connectivity index (χ0n) is 8.89. The summed E-state index contributed by atoms with van der Waals surface area (Å²) in [5.74, 6) is -0.720. The van der Waals surface area contributed by atoms with Gasteiger partial charge in [0.05, 0.1) is 13.1 Å². The predicted octanol–water partition coefficient (Wildman–Crippen LogP) is 0.0880. The number of hydrogen-bond acceptors (Lipinski definition) is 3. The van der Waals surface area contributed by atoms with Crippen LogP contribution >= 0.6 is 0 Å². The first kappa shape index (κ1) is 13.2. The Kier molecular flexibility index (Phi) is 4.55. The van der Waals surface area contributed by atoms with E-state index in [1.165, 1.54) is 0 Å². The van der Waals surface area contributed by atoms with Crippen LogP contribution in [0.15, 0.2) is 0 Å². The van der Waals surface area contributed by atoms with Gasteiger partial charge in [-0.2, -0.15) is 13.2 Å². The molecule has 1 aliphatic rings. The fraction of sp³-hybridized carbons (Fsp3) is 0.889. The van der Waals surface area contributed by atoms with Gasteiger partial charge in [0.25, 0.3) is 0 Å². The van der Waals surface area contributed by atoms with E-state index in [4.69, 9.17) is 5.73 Å². The first-order valence-electron chi connectivity index (χ1n) is 5.18. The molecule has 0 aromatic rings. The Hall–Kier alpha value is -0.820. The van der Waals surface area contributed by atoms with Crippen molar-refractivity contribution >= 4 is 5.91 Å². The molecular formula is C9H16F3N3O. The first-order valence-corrected chi connectivity index (χ1v) is 5.18. The van der Waals surface area contributed by atoms with Gasteiger partial charge in [0, 0.05) is 6.04 Å². The Morgan fingerprint density at radius 1 is 1.38 bits per heavy atom. The Labute approximate surface area is 92.0 Å². The third-order valence-electron chi connectivity index (χ3n) is 2.57. The second kappa shape index (κ2) is 5.49. The van der Waals surface area contributed by atoms with E-state index in [-0.39, 0.29) is 12.6 Å². The maximum absolute atomic E-state index is 12.3. The molecule has 0 atom stereocenters. The molecule has 3 N–H and O–H groups in total. The number of nitrogens with zero attached hydrogens (tertiary/aromatic N) is 1. The fourth-order valence-corrected chi connectivity index (χ4v) is 1.92. The lowest BCUT2D eigenvalue weighted by Crippen LogP contribution is -2.49. The third-order valence-corrected chi connectivity index (χ3v) is 2.57. The second-order valence-electron chi connectivity index (χ2n) is 3.97. The average Bonchev–Trinajstić information content (AvgIpc) is 2.15. The van der Waals surface area contributed by atoms with Crippen molar-refractivity contribution in [2.45, 2.75) is 25.1 Å². The Morgan fingerprint density at radius 3 is 2.38 bits per heavy atom. The average molecular weight is 239 g/mol. The molecule has 1 rings (SSSR count). The van der Waals surface area contributed by atoms with E-state index in [0.717, 1.165) is 4.90 Å². The highest BCUT2D eigenvalue weighted by Crippen LogP contribution is 2.20. The van der Waals surface area contributed by atoms with E-state index < -0.39 is 18.6 Å². The Balaban J connectivity index is 2.58. The molecule has 0 aliphatic carbocycles.